The standard InChI is InChI=1S/C11H20O2S/c1-10(2,3)8(12)6-9(13)11(4,5)7-14/h14H,6-7H2,1-5H3. The molecule has 0 saturated heterocycles. The minimum absolute atomic E-state index is 0.00245. The molecule has 0 amide bonds. The van der Waals surface area contributed by atoms with Crippen molar-refractivity contribution in [2.45, 2.75) is 41.0 Å². The first-order chi connectivity index (χ1) is 6.11. The molecule has 82 valence electrons. The molecule has 0 radical (unpaired) electrons. The Kier molecular flexibility index (Phi) is 4.37. The summed E-state index contributed by atoms with van der Waals surface area (Å²) in [5.74, 6) is 0.452. The van der Waals surface area contributed by atoms with Crippen LogP contribution in [0.1, 0.15) is 41.0 Å². The fraction of sp³-hybridized carbons (Fsp3) is 0.818. The highest BCUT2D eigenvalue weighted by Gasteiger charge is 2.31. The van der Waals surface area contributed by atoms with E-state index in [0.29, 0.717) is 5.75 Å². The van der Waals surface area contributed by atoms with E-state index in [1.807, 2.05) is 34.6 Å². The zero-order chi connectivity index (χ0) is 11.6. The quantitative estimate of drug-likeness (QED) is 0.579. The van der Waals surface area contributed by atoms with Crippen molar-refractivity contribution in [1.29, 1.82) is 0 Å². The number of rotatable bonds is 4. The summed E-state index contributed by atoms with van der Waals surface area (Å²) < 4.78 is 0. The number of carbonyl (C=O) groups excluding carboxylic acids is 2. The molecule has 14 heavy (non-hydrogen) atoms. The smallest absolute Gasteiger partial charge is 0.146 e. The van der Waals surface area contributed by atoms with Crippen molar-refractivity contribution in [3.63, 3.8) is 0 Å². The molecule has 0 unspecified atom stereocenters. The van der Waals surface area contributed by atoms with Gasteiger partial charge in [0.2, 0.25) is 0 Å². The van der Waals surface area contributed by atoms with Crippen molar-refractivity contribution in [2.75, 3.05) is 5.75 Å². The Balaban J connectivity index is 4.43. The third-order valence-corrected chi connectivity index (χ3v) is 3.10. The number of ketones is 2. The fourth-order valence-corrected chi connectivity index (χ4v) is 0.915. The van der Waals surface area contributed by atoms with E-state index >= 15 is 0 Å². The van der Waals surface area contributed by atoms with Crippen molar-refractivity contribution in [3.8, 4) is 0 Å². The molecule has 0 heterocycles. The Morgan fingerprint density at radius 1 is 1.00 bits per heavy atom. The summed E-state index contributed by atoms with van der Waals surface area (Å²) in [6, 6.07) is 0. The summed E-state index contributed by atoms with van der Waals surface area (Å²) in [4.78, 5) is 23.3. The third kappa shape index (κ3) is 3.82. The summed E-state index contributed by atoms with van der Waals surface area (Å²) in [6.07, 6.45) is 0.0249. The van der Waals surface area contributed by atoms with Crippen LogP contribution in [0.2, 0.25) is 0 Å². The van der Waals surface area contributed by atoms with E-state index in [9.17, 15) is 9.59 Å². The molecule has 0 aliphatic rings. The molecule has 0 aromatic rings. The molecule has 0 bridgehead atoms. The van der Waals surface area contributed by atoms with E-state index in [1.54, 1.807) is 0 Å². The minimum Gasteiger partial charge on any atom is -0.299 e. The number of thiol groups is 1. The van der Waals surface area contributed by atoms with Crippen LogP contribution < -0.4 is 0 Å². The number of hydrogen-bond donors (Lipinski definition) is 1. The summed E-state index contributed by atoms with van der Waals surface area (Å²) in [7, 11) is 0. The molecule has 0 aliphatic carbocycles. The molecule has 0 atom stereocenters. The average Bonchev–Trinajstić information content (AvgIpc) is 2.02. The van der Waals surface area contributed by atoms with Crippen LogP contribution in [0.25, 0.3) is 0 Å². The molecule has 0 fully saturated rings. The van der Waals surface area contributed by atoms with Crippen molar-refractivity contribution in [2.24, 2.45) is 10.8 Å². The van der Waals surface area contributed by atoms with E-state index in [1.165, 1.54) is 0 Å². The van der Waals surface area contributed by atoms with Crippen LogP contribution in [0.5, 0.6) is 0 Å². The highest BCUT2D eigenvalue weighted by atomic mass is 32.1. The molecule has 0 saturated carbocycles. The maximum Gasteiger partial charge on any atom is 0.146 e. The van der Waals surface area contributed by atoms with Gasteiger partial charge in [0.05, 0.1) is 6.42 Å². The van der Waals surface area contributed by atoms with Crippen molar-refractivity contribution in [3.05, 3.63) is 0 Å². The first kappa shape index (κ1) is 13.7. The van der Waals surface area contributed by atoms with E-state index < -0.39 is 10.8 Å². The van der Waals surface area contributed by atoms with Crippen molar-refractivity contribution in [1.82, 2.24) is 0 Å². The maximum atomic E-state index is 11.7. The third-order valence-electron chi connectivity index (χ3n) is 2.31. The van der Waals surface area contributed by atoms with Crippen LogP contribution >= 0.6 is 12.6 Å². The second-order valence-corrected chi connectivity index (χ2v) is 5.63. The van der Waals surface area contributed by atoms with Gasteiger partial charge in [0.25, 0.3) is 0 Å². The van der Waals surface area contributed by atoms with Crippen LogP contribution in [0.4, 0.5) is 0 Å². The molecule has 0 rings (SSSR count). The normalized spacial score (nSPS) is 12.7. The second-order valence-electron chi connectivity index (χ2n) is 5.32. The Morgan fingerprint density at radius 3 is 1.71 bits per heavy atom. The Hall–Kier alpha value is -0.310. The van der Waals surface area contributed by atoms with Gasteiger partial charge < -0.3 is 0 Å². The lowest BCUT2D eigenvalue weighted by Crippen LogP contribution is -2.32. The topological polar surface area (TPSA) is 34.1 Å². The van der Waals surface area contributed by atoms with Gasteiger partial charge in [-0.1, -0.05) is 34.6 Å². The summed E-state index contributed by atoms with van der Waals surface area (Å²) in [5.41, 5.74) is -0.924. The zero-order valence-corrected chi connectivity index (χ0v) is 10.6. The van der Waals surface area contributed by atoms with Gasteiger partial charge in [0.15, 0.2) is 0 Å². The fourth-order valence-electron chi connectivity index (χ4n) is 0.738. The zero-order valence-electron chi connectivity index (χ0n) is 9.68. The van der Waals surface area contributed by atoms with Gasteiger partial charge in [-0.2, -0.15) is 12.6 Å². The number of hydrogen-bond acceptors (Lipinski definition) is 3. The molecule has 0 spiro atoms. The number of carbonyl (C=O) groups is 2. The van der Waals surface area contributed by atoms with Gasteiger partial charge in [0, 0.05) is 16.6 Å². The Labute approximate surface area is 91.9 Å². The molecule has 3 heteroatoms. The molecule has 0 N–H and O–H groups in total. The van der Waals surface area contributed by atoms with E-state index in [2.05, 4.69) is 12.6 Å². The predicted octanol–water partition coefficient (Wildman–Crippen LogP) is 2.52. The predicted molar refractivity (Wildman–Crippen MR) is 61.7 cm³/mol. The molecular weight excluding hydrogens is 196 g/mol. The average molecular weight is 216 g/mol. The van der Waals surface area contributed by atoms with Crippen LogP contribution in [0.15, 0.2) is 0 Å². The van der Waals surface area contributed by atoms with Crippen molar-refractivity contribution >= 4 is 24.2 Å². The maximum absolute atomic E-state index is 11.7. The first-order valence-corrected chi connectivity index (χ1v) is 5.42. The van der Waals surface area contributed by atoms with Crippen LogP contribution in [-0.2, 0) is 9.59 Å². The minimum atomic E-state index is -0.496. The summed E-state index contributed by atoms with van der Waals surface area (Å²) >= 11 is 4.10. The Morgan fingerprint density at radius 2 is 1.43 bits per heavy atom. The lowest BCUT2D eigenvalue weighted by Gasteiger charge is -2.22. The van der Waals surface area contributed by atoms with E-state index in [0.717, 1.165) is 0 Å². The van der Waals surface area contributed by atoms with E-state index in [-0.39, 0.29) is 18.0 Å². The van der Waals surface area contributed by atoms with Gasteiger partial charge >= 0.3 is 0 Å². The second kappa shape index (κ2) is 4.47. The van der Waals surface area contributed by atoms with Gasteiger partial charge in [0.1, 0.15) is 11.6 Å². The van der Waals surface area contributed by atoms with Gasteiger partial charge in [-0.3, -0.25) is 9.59 Å². The molecular formula is C11H20O2S. The highest BCUT2D eigenvalue weighted by Crippen LogP contribution is 2.24. The molecule has 2 nitrogen and oxygen atoms in total. The first-order valence-electron chi connectivity index (χ1n) is 4.79. The van der Waals surface area contributed by atoms with Crippen LogP contribution in [0, 0.1) is 10.8 Å². The highest BCUT2D eigenvalue weighted by molar-refractivity contribution is 7.80. The largest absolute Gasteiger partial charge is 0.299 e. The van der Waals surface area contributed by atoms with Crippen LogP contribution in [-0.4, -0.2) is 17.3 Å². The summed E-state index contributed by atoms with van der Waals surface area (Å²) in [5, 5.41) is 0. The lowest BCUT2D eigenvalue weighted by molar-refractivity contribution is -0.135. The lowest BCUT2D eigenvalue weighted by atomic mass is 9.81. The van der Waals surface area contributed by atoms with Crippen LogP contribution in [0.3, 0.4) is 0 Å². The summed E-state index contributed by atoms with van der Waals surface area (Å²) in [6.45, 7) is 9.12. The monoisotopic (exact) mass is 216 g/mol. The van der Waals surface area contributed by atoms with Gasteiger partial charge in [-0.05, 0) is 0 Å². The van der Waals surface area contributed by atoms with E-state index in [4.69, 9.17) is 0 Å². The number of Topliss-reactive ketones (excluding diaryl/α,β-unsaturated/α-hetero) is 2. The molecule has 0 aromatic heterocycles. The Bertz CT molecular complexity index is 236. The molecule has 0 aromatic carbocycles. The molecule has 0 aliphatic heterocycles. The SMILES string of the molecule is CC(C)(C)C(=O)CC(=O)C(C)(C)CS. The van der Waals surface area contributed by atoms with Gasteiger partial charge in [-0.15, -0.1) is 0 Å². The van der Waals surface area contributed by atoms with Crippen molar-refractivity contribution < 1.29 is 9.59 Å². The van der Waals surface area contributed by atoms with Gasteiger partial charge in [-0.25, -0.2) is 0 Å².